The molecule has 0 aliphatic carbocycles. The monoisotopic (exact) mass is 446 g/mol. The van der Waals surface area contributed by atoms with Gasteiger partial charge < -0.3 is 14.8 Å². The first-order chi connectivity index (χ1) is 14.8. The zero-order valence-corrected chi connectivity index (χ0v) is 19.1. The fraction of sp³-hybridized carbons (Fsp3) is 0.435. The number of rotatable bonds is 8. The van der Waals surface area contributed by atoms with E-state index in [1.807, 2.05) is 19.1 Å². The molecule has 1 heterocycles. The average molecular weight is 447 g/mol. The molecule has 0 radical (unpaired) electrons. The van der Waals surface area contributed by atoms with E-state index in [2.05, 4.69) is 5.32 Å². The second-order valence-corrected chi connectivity index (χ2v) is 9.67. The molecule has 1 aliphatic rings. The van der Waals surface area contributed by atoms with Crippen LogP contribution in [0.5, 0.6) is 11.5 Å². The van der Waals surface area contributed by atoms with Gasteiger partial charge in [0.2, 0.25) is 15.9 Å². The lowest BCUT2D eigenvalue weighted by molar-refractivity contribution is -0.116. The van der Waals surface area contributed by atoms with Gasteiger partial charge in [0.15, 0.2) is 0 Å². The van der Waals surface area contributed by atoms with Crippen LogP contribution in [0, 0.1) is 12.8 Å². The number of sulfonamides is 1. The molecule has 0 spiro atoms. The predicted molar refractivity (Wildman–Crippen MR) is 120 cm³/mol. The minimum absolute atomic E-state index is 0.0848. The molecule has 0 saturated carbocycles. The van der Waals surface area contributed by atoms with E-state index < -0.39 is 10.0 Å². The Balaban J connectivity index is 1.50. The summed E-state index contributed by atoms with van der Waals surface area (Å²) in [6, 6.07) is 12.3. The summed E-state index contributed by atoms with van der Waals surface area (Å²) in [6.07, 6.45) is 2.61. The first-order valence-corrected chi connectivity index (χ1v) is 11.9. The van der Waals surface area contributed by atoms with Gasteiger partial charge in [-0.1, -0.05) is 18.2 Å². The molecule has 1 saturated heterocycles. The molecule has 8 heteroatoms. The number of amides is 1. The van der Waals surface area contributed by atoms with Crippen LogP contribution in [0.4, 0.5) is 5.69 Å². The van der Waals surface area contributed by atoms with Gasteiger partial charge in [-0.25, -0.2) is 8.42 Å². The summed E-state index contributed by atoms with van der Waals surface area (Å²) >= 11 is 0. The summed E-state index contributed by atoms with van der Waals surface area (Å²) in [6.45, 7) is 2.78. The maximum Gasteiger partial charge on any atom is 0.243 e. The number of anilines is 1. The molecule has 2 aromatic carbocycles. The number of piperidine rings is 1. The van der Waals surface area contributed by atoms with E-state index in [1.54, 1.807) is 48.9 Å². The van der Waals surface area contributed by atoms with Crippen molar-refractivity contribution in [3.63, 3.8) is 0 Å². The number of nitrogens with one attached hydrogen (secondary N) is 1. The number of benzene rings is 2. The SMILES string of the molecule is COc1ccc(NC(=O)CCC2CCN(S(=O)(=O)c3ccccc3C)CC2)c(OC)c1. The maximum atomic E-state index is 12.9. The summed E-state index contributed by atoms with van der Waals surface area (Å²) < 4.78 is 37.9. The van der Waals surface area contributed by atoms with Gasteiger partial charge in [-0.2, -0.15) is 4.31 Å². The van der Waals surface area contributed by atoms with E-state index in [-0.39, 0.29) is 5.91 Å². The van der Waals surface area contributed by atoms with Crippen LogP contribution >= 0.6 is 0 Å². The van der Waals surface area contributed by atoms with Gasteiger partial charge in [0.05, 0.1) is 24.8 Å². The Morgan fingerprint density at radius 1 is 1.10 bits per heavy atom. The van der Waals surface area contributed by atoms with Crippen molar-refractivity contribution in [1.82, 2.24) is 4.31 Å². The molecule has 0 atom stereocenters. The summed E-state index contributed by atoms with van der Waals surface area (Å²) in [5.41, 5.74) is 1.36. The summed E-state index contributed by atoms with van der Waals surface area (Å²) in [5, 5.41) is 2.89. The third-order valence-electron chi connectivity index (χ3n) is 5.75. The van der Waals surface area contributed by atoms with Gasteiger partial charge in [0, 0.05) is 25.6 Å². The lowest BCUT2D eigenvalue weighted by atomic mass is 9.93. The number of methoxy groups -OCH3 is 2. The number of carbonyl (C=O) groups is 1. The van der Waals surface area contributed by atoms with Gasteiger partial charge in [0.1, 0.15) is 11.5 Å². The molecule has 0 aromatic heterocycles. The highest BCUT2D eigenvalue weighted by Gasteiger charge is 2.30. The summed E-state index contributed by atoms with van der Waals surface area (Å²) in [5.74, 6) is 1.44. The third-order valence-corrected chi connectivity index (χ3v) is 7.81. The minimum atomic E-state index is -3.47. The van der Waals surface area contributed by atoms with E-state index in [4.69, 9.17) is 9.47 Å². The van der Waals surface area contributed by atoms with Gasteiger partial charge in [-0.05, 0) is 55.9 Å². The molecule has 0 unspecified atom stereocenters. The van der Waals surface area contributed by atoms with E-state index >= 15 is 0 Å². The molecule has 1 fully saturated rings. The van der Waals surface area contributed by atoms with Crippen LogP contribution in [0.25, 0.3) is 0 Å². The van der Waals surface area contributed by atoms with Crippen molar-refractivity contribution in [3.8, 4) is 11.5 Å². The highest BCUT2D eigenvalue weighted by atomic mass is 32.2. The van der Waals surface area contributed by atoms with Gasteiger partial charge in [0.25, 0.3) is 0 Å². The highest BCUT2D eigenvalue weighted by molar-refractivity contribution is 7.89. The minimum Gasteiger partial charge on any atom is -0.497 e. The predicted octanol–water partition coefficient (Wildman–Crippen LogP) is 3.83. The van der Waals surface area contributed by atoms with Crippen molar-refractivity contribution in [3.05, 3.63) is 48.0 Å². The molecule has 7 nitrogen and oxygen atoms in total. The molecule has 1 N–H and O–H groups in total. The number of aryl methyl sites for hydroxylation is 1. The zero-order chi connectivity index (χ0) is 22.4. The Hall–Kier alpha value is -2.58. The molecular formula is C23H30N2O5S. The number of carbonyl (C=O) groups excluding carboxylic acids is 1. The maximum absolute atomic E-state index is 12.9. The van der Waals surface area contributed by atoms with Gasteiger partial charge in [-0.15, -0.1) is 0 Å². The smallest absolute Gasteiger partial charge is 0.243 e. The second-order valence-electron chi connectivity index (χ2n) is 7.77. The number of hydrogen-bond acceptors (Lipinski definition) is 5. The van der Waals surface area contributed by atoms with Crippen LogP contribution < -0.4 is 14.8 Å². The fourth-order valence-corrected chi connectivity index (χ4v) is 5.57. The van der Waals surface area contributed by atoms with Crippen molar-refractivity contribution in [2.24, 2.45) is 5.92 Å². The third kappa shape index (κ3) is 5.57. The topological polar surface area (TPSA) is 84.9 Å². The second kappa shape index (κ2) is 10.2. The summed E-state index contributed by atoms with van der Waals surface area (Å²) in [4.78, 5) is 12.8. The Bertz CT molecular complexity index is 1010. The van der Waals surface area contributed by atoms with E-state index in [0.717, 1.165) is 24.8 Å². The van der Waals surface area contributed by atoms with Crippen molar-refractivity contribution < 1.29 is 22.7 Å². The summed E-state index contributed by atoms with van der Waals surface area (Å²) in [7, 11) is -0.353. The Labute approximate surface area is 184 Å². The number of hydrogen-bond donors (Lipinski definition) is 1. The van der Waals surface area contributed by atoms with Gasteiger partial charge in [-0.3, -0.25) is 4.79 Å². The molecule has 1 amide bonds. The largest absolute Gasteiger partial charge is 0.497 e. The Morgan fingerprint density at radius 3 is 2.45 bits per heavy atom. The molecule has 31 heavy (non-hydrogen) atoms. The van der Waals surface area contributed by atoms with Crippen LogP contribution in [-0.2, 0) is 14.8 Å². The molecule has 1 aliphatic heterocycles. The fourth-order valence-electron chi connectivity index (χ4n) is 3.87. The van der Waals surface area contributed by atoms with Crippen molar-refractivity contribution in [2.45, 2.75) is 37.5 Å². The van der Waals surface area contributed by atoms with E-state index in [1.165, 1.54) is 0 Å². The molecule has 2 aromatic rings. The lowest BCUT2D eigenvalue weighted by Crippen LogP contribution is -2.38. The Kier molecular flexibility index (Phi) is 7.56. The van der Waals surface area contributed by atoms with Crippen LogP contribution in [-0.4, -0.2) is 45.9 Å². The Morgan fingerprint density at radius 2 is 1.81 bits per heavy atom. The number of ether oxygens (including phenoxy) is 2. The van der Waals surface area contributed by atoms with Crippen LogP contribution in [0.15, 0.2) is 47.4 Å². The van der Waals surface area contributed by atoms with Crippen LogP contribution in [0.1, 0.15) is 31.2 Å². The number of nitrogens with zero attached hydrogens (tertiary/aromatic N) is 1. The normalized spacial score (nSPS) is 15.5. The average Bonchev–Trinajstić information content (AvgIpc) is 2.78. The van der Waals surface area contributed by atoms with E-state index in [9.17, 15) is 13.2 Å². The quantitative estimate of drug-likeness (QED) is 0.666. The highest BCUT2D eigenvalue weighted by Crippen LogP contribution is 2.30. The van der Waals surface area contributed by atoms with Crippen molar-refractivity contribution >= 4 is 21.6 Å². The molecule has 3 rings (SSSR count). The molecular weight excluding hydrogens is 416 g/mol. The van der Waals surface area contributed by atoms with Crippen molar-refractivity contribution in [2.75, 3.05) is 32.6 Å². The van der Waals surface area contributed by atoms with E-state index in [0.29, 0.717) is 47.5 Å². The van der Waals surface area contributed by atoms with Crippen LogP contribution in [0.3, 0.4) is 0 Å². The first kappa shape index (κ1) is 23.1. The molecule has 168 valence electrons. The lowest BCUT2D eigenvalue weighted by Gasteiger charge is -2.31. The standard InChI is InChI=1S/C23H30N2O5S/c1-17-6-4-5-7-22(17)31(27,28)25-14-12-18(13-15-25)8-11-23(26)24-20-10-9-19(29-2)16-21(20)30-3/h4-7,9-10,16,18H,8,11-15H2,1-3H3,(H,24,26). The first-order valence-electron chi connectivity index (χ1n) is 10.4. The van der Waals surface area contributed by atoms with Crippen LogP contribution in [0.2, 0.25) is 0 Å². The van der Waals surface area contributed by atoms with Gasteiger partial charge >= 0.3 is 0 Å². The molecule has 0 bridgehead atoms. The zero-order valence-electron chi connectivity index (χ0n) is 18.3. The van der Waals surface area contributed by atoms with Crippen molar-refractivity contribution in [1.29, 1.82) is 0 Å².